The lowest BCUT2D eigenvalue weighted by molar-refractivity contribution is -0.137. The molecule has 1 fully saturated rings. The van der Waals surface area contributed by atoms with E-state index in [4.69, 9.17) is 9.47 Å². The summed E-state index contributed by atoms with van der Waals surface area (Å²) in [5.41, 5.74) is 1.89. The second kappa shape index (κ2) is 4.48. The van der Waals surface area contributed by atoms with E-state index in [1.165, 1.54) is 12.7 Å². The predicted octanol–water partition coefficient (Wildman–Crippen LogP) is 2.78. The van der Waals surface area contributed by atoms with Crippen LogP contribution < -0.4 is 0 Å². The minimum Gasteiger partial charge on any atom is -0.494 e. The number of benzene rings is 1. The Hall–Kier alpha value is -1.77. The van der Waals surface area contributed by atoms with E-state index in [-0.39, 0.29) is 18.0 Å². The number of carbonyl (C=O) groups is 1. The zero-order chi connectivity index (χ0) is 12.5. The van der Waals surface area contributed by atoms with Crippen LogP contribution in [0, 0.1) is 0 Å². The van der Waals surface area contributed by atoms with Gasteiger partial charge in [-0.15, -0.1) is 0 Å². The molecule has 0 radical (unpaired) electrons. The van der Waals surface area contributed by atoms with Crippen molar-refractivity contribution in [1.29, 1.82) is 0 Å². The lowest BCUT2D eigenvalue weighted by Crippen LogP contribution is -2.23. The number of rotatable bonds is 2. The van der Waals surface area contributed by atoms with Gasteiger partial charge >= 0.3 is 5.97 Å². The number of fused-ring (bicyclic) bond motifs is 2. The molecule has 1 saturated heterocycles. The van der Waals surface area contributed by atoms with Crippen LogP contribution in [-0.2, 0) is 14.3 Å². The molecule has 0 amide bonds. The molecule has 2 aliphatic rings. The van der Waals surface area contributed by atoms with E-state index >= 15 is 0 Å². The molecule has 0 aromatic heterocycles. The molecule has 1 aromatic carbocycles. The molecule has 94 valence electrons. The fraction of sp³-hybridized carbons (Fsp3) is 0.400. The van der Waals surface area contributed by atoms with Crippen molar-refractivity contribution in [3.8, 4) is 0 Å². The molecule has 3 rings (SSSR count). The number of hydrogen-bond donors (Lipinski definition) is 0. The minimum atomic E-state index is -0.251. The van der Waals surface area contributed by atoms with Crippen molar-refractivity contribution in [2.75, 3.05) is 7.11 Å². The second-order valence-corrected chi connectivity index (χ2v) is 4.81. The van der Waals surface area contributed by atoms with Crippen molar-refractivity contribution in [2.24, 2.45) is 0 Å². The molecule has 2 unspecified atom stereocenters. The first kappa shape index (κ1) is 11.3. The Kier molecular flexibility index (Phi) is 2.82. The van der Waals surface area contributed by atoms with Crippen LogP contribution in [-0.4, -0.2) is 19.2 Å². The molecule has 18 heavy (non-hydrogen) atoms. The van der Waals surface area contributed by atoms with E-state index in [0.717, 1.165) is 30.6 Å². The van der Waals surface area contributed by atoms with E-state index < -0.39 is 0 Å². The first-order chi connectivity index (χ1) is 8.79. The first-order valence-electron chi connectivity index (χ1n) is 6.32. The highest BCUT2D eigenvalue weighted by Crippen LogP contribution is 2.44. The van der Waals surface area contributed by atoms with E-state index in [0.29, 0.717) is 0 Å². The predicted molar refractivity (Wildman–Crippen MR) is 66.9 cm³/mol. The molecule has 2 bridgehead atoms. The highest BCUT2D eigenvalue weighted by Gasteiger charge is 2.39. The molecule has 0 N–H and O–H groups in total. The Labute approximate surface area is 106 Å². The average Bonchev–Trinajstić information content (AvgIpc) is 2.80. The molecule has 3 heteroatoms. The molecular weight excluding hydrogens is 228 g/mol. The summed E-state index contributed by atoms with van der Waals surface area (Å²) >= 11 is 0. The third kappa shape index (κ3) is 1.80. The van der Waals surface area contributed by atoms with Gasteiger partial charge in [0.1, 0.15) is 5.76 Å². The van der Waals surface area contributed by atoms with Crippen molar-refractivity contribution in [3.05, 3.63) is 47.2 Å². The van der Waals surface area contributed by atoms with Gasteiger partial charge in [0.2, 0.25) is 0 Å². The topological polar surface area (TPSA) is 35.5 Å². The van der Waals surface area contributed by atoms with Crippen molar-refractivity contribution >= 4 is 5.97 Å². The van der Waals surface area contributed by atoms with Crippen LogP contribution in [0.15, 0.2) is 41.7 Å². The van der Waals surface area contributed by atoms with Gasteiger partial charge in [0.15, 0.2) is 0 Å². The summed E-state index contributed by atoms with van der Waals surface area (Å²) in [4.78, 5) is 12.0. The van der Waals surface area contributed by atoms with Crippen molar-refractivity contribution < 1.29 is 14.3 Å². The highest BCUT2D eigenvalue weighted by atomic mass is 16.5. The lowest BCUT2D eigenvalue weighted by atomic mass is 9.85. The molecule has 0 aliphatic carbocycles. The Bertz CT molecular complexity index is 490. The van der Waals surface area contributed by atoms with Gasteiger partial charge in [-0.1, -0.05) is 30.3 Å². The fourth-order valence-corrected chi connectivity index (χ4v) is 2.90. The number of methoxy groups -OCH3 is 1. The van der Waals surface area contributed by atoms with Gasteiger partial charge in [-0.3, -0.25) is 0 Å². The maximum Gasteiger partial charge on any atom is 0.337 e. The largest absolute Gasteiger partial charge is 0.494 e. The average molecular weight is 244 g/mol. The first-order valence-corrected chi connectivity index (χ1v) is 6.32. The lowest BCUT2D eigenvalue weighted by Gasteiger charge is -2.27. The monoisotopic (exact) mass is 244 g/mol. The normalized spacial score (nSPS) is 25.8. The number of carbonyl (C=O) groups excluding carboxylic acids is 1. The van der Waals surface area contributed by atoms with E-state index in [9.17, 15) is 4.79 Å². The van der Waals surface area contributed by atoms with Gasteiger partial charge in [0.25, 0.3) is 0 Å². The van der Waals surface area contributed by atoms with Gasteiger partial charge in [-0.2, -0.15) is 0 Å². The van der Waals surface area contributed by atoms with Gasteiger partial charge in [-0.05, 0) is 18.4 Å². The molecular formula is C15H16O3. The molecule has 2 atom stereocenters. The summed E-state index contributed by atoms with van der Waals surface area (Å²) < 4.78 is 10.7. The van der Waals surface area contributed by atoms with Crippen LogP contribution in [0.3, 0.4) is 0 Å². The number of esters is 1. The second-order valence-electron chi connectivity index (χ2n) is 4.81. The van der Waals surface area contributed by atoms with Crippen LogP contribution in [0.1, 0.15) is 30.7 Å². The number of hydrogen-bond acceptors (Lipinski definition) is 3. The molecule has 2 aliphatic heterocycles. The van der Waals surface area contributed by atoms with Gasteiger partial charge in [0.05, 0.1) is 18.8 Å². The zero-order valence-corrected chi connectivity index (χ0v) is 10.4. The summed E-state index contributed by atoms with van der Waals surface area (Å²) in [5.74, 6) is 0.709. The van der Waals surface area contributed by atoms with Gasteiger partial charge in [-0.25, -0.2) is 4.79 Å². The summed E-state index contributed by atoms with van der Waals surface area (Å²) in [6.07, 6.45) is 3.01. The molecule has 3 nitrogen and oxygen atoms in total. The standard InChI is InChI=1S/C15H16O3/c1-17-15(16)14-12(10-5-3-2-4-6-10)9-11-7-8-13(14)18-11/h2-6,11-12H,7-9H2,1H3. The molecule has 2 heterocycles. The molecule has 1 aromatic rings. The Morgan fingerprint density at radius 3 is 2.83 bits per heavy atom. The van der Waals surface area contributed by atoms with Crippen LogP contribution in [0.4, 0.5) is 0 Å². The van der Waals surface area contributed by atoms with Crippen LogP contribution in [0.25, 0.3) is 0 Å². The Morgan fingerprint density at radius 2 is 2.11 bits per heavy atom. The van der Waals surface area contributed by atoms with E-state index in [1.54, 1.807) is 0 Å². The SMILES string of the molecule is COC(=O)C1=C2CCC(CC1c1ccccc1)O2. The van der Waals surface area contributed by atoms with E-state index in [1.807, 2.05) is 18.2 Å². The zero-order valence-electron chi connectivity index (χ0n) is 10.4. The Morgan fingerprint density at radius 1 is 1.33 bits per heavy atom. The maximum atomic E-state index is 12.0. The van der Waals surface area contributed by atoms with Gasteiger partial charge < -0.3 is 9.47 Å². The van der Waals surface area contributed by atoms with Crippen molar-refractivity contribution in [3.63, 3.8) is 0 Å². The van der Waals surface area contributed by atoms with Crippen molar-refractivity contribution in [2.45, 2.75) is 31.3 Å². The summed E-state index contributed by atoms with van der Waals surface area (Å²) in [7, 11) is 1.43. The quantitative estimate of drug-likeness (QED) is 0.750. The number of ether oxygens (including phenoxy) is 2. The van der Waals surface area contributed by atoms with E-state index in [2.05, 4.69) is 12.1 Å². The number of allylic oxidation sites excluding steroid dienone is 1. The maximum absolute atomic E-state index is 12.0. The van der Waals surface area contributed by atoms with Gasteiger partial charge in [0, 0.05) is 12.3 Å². The minimum absolute atomic E-state index is 0.120. The Balaban J connectivity index is 2.03. The van der Waals surface area contributed by atoms with Crippen LogP contribution in [0.5, 0.6) is 0 Å². The van der Waals surface area contributed by atoms with Crippen molar-refractivity contribution in [1.82, 2.24) is 0 Å². The smallest absolute Gasteiger partial charge is 0.337 e. The third-order valence-electron chi connectivity index (χ3n) is 3.76. The third-order valence-corrected chi connectivity index (χ3v) is 3.76. The molecule has 0 spiro atoms. The highest BCUT2D eigenvalue weighted by molar-refractivity contribution is 5.91. The van der Waals surface area contributed by atoms with Crippen LogP contribution >= 0.6 is 0 Å². The summed E-state index contributed by atoms with van der Waals surface area (Å²) in [6.45, 7) is 0. The summed E-state index contributed by atoms with van der Waals surface area (Å²) in [5, 5.41) is 0. The van der Waals surface area contributed by atoms with Crippen LogP contribution in [0.2, 0.25) is 0 Å². The fourth-order valence-electron chi connectivity index (χ4n) is 2.90. The molecule has 0 saturated carbocycles. The summed E-state index contributed by atoms with van der Waals surface area (Å²) in [6, 6.07) is 10.1.